The monoisotopic (exact) mass is 463 g/mol. The molecule has 0 saturated carbocycles. The zero-order valence-corrected chi connectivity index (χ0v) is 17.6. The lowest BCUT2D eigenvalue weighted by Crippen LogP contribution is -2.49. The summed E-state index contributed by atoms with van der Waals surface area (Å²) in [6.07, 6.45) is 4.24. The molecule has 134 valence electrons. The van der Waals surface area contributed by atoms with Gasteiger partial charge in [0, 0.05) is 24.0 Å². The third-order valence-corrected chi connectivity index (χ3v) is 5.19. The molecule has 3 atom stereocenters. The Bertz CT molecular complexity index is 593. The molecule has 2 fully saturated rings. The van der Waals surface area contributed by atoms with Gasteiger partial charge in [0.15, 0.2) is 5.96 Å². The topological polar surface area (TPSA) is 45.7 Å². The molecular formula is C18H27ClIN3O. The maximum atomic E-state index is 6.12. The largest absolute Gasteiger partial charge is 0.373 e. The lowest BCUT2D eigenvalue weighted by molar-refractivity contribution is 0.0992. The van der Waals surface area contributed by atoms with E-state index in [2.05, 4.69) is 35.5 Å². The van der Waals surface area contributed by atoms with Gasteiger partial charge in [0.1, 0.15) is 0 Å². The van der Waals surface area contributed by atoms with Gasteiger partial charge in [-0.1, -0.05) is 37.6 Å². The number of aliphatic imine (C=N–C) groups is 1. The van der Waals surface area contributed by atoms with Gasteiger partial charge in [-0.15, -0.1) is 24.0 Å². The van der Waals surface area contributed by atoms with E-state index in [-0.39, 0.29) is 29.4 Å². The minimum Gasteiger partial charge on any atom is -0.373 e. The van der Waals surface area contributed by atoms with E-state index in [1.807, 2.05) is 25.2 Å². The van der Waals surface area contributed by atoms with Crippen LogP contribution in [0, 0.1) is 0 Å². The predicted molar refractivity (Wildman–Crippen MR) is 111 cm³/mol. The Morgan fingerprint density at radius 1 is 1.38 bits per heavy atom. The molecular weight excluding hydrogens is 437 g/mol. The van der Waals surface area contributed by atoms with Crippen LogP contribution < -0.4 is 10.6 Å². The molecule has 2 N–H and O–H groups in total. The first-order valence-corrected chi connectivity index (χ1v) is 8.74. The van der Waals surface area contributed by atoms with Crippen LogP contribution in [0.3, 0.4) is 0 Å². The van der Waals surface area contributed by atoms with Gasteiger partial charge in [-0.3, -0.25) is 4.99 Å². The number of nitrogens with one attached hydrogen (secondary N) is 2. The Morgan fingerprint density at radius 3 is 2.75 bits per heavy atom. The van der Waals surface area contributed by atoms with Crippen molar-refractivity contribution in [2.24, 2.45) is 4.99 Å². The quantitative estimate of drug-likeness (QED) is 0.406. The Hall–Kier alpha value is -0.530. The highest BCUT2D eigenvalue weighted by Crippen LogP contribution is 2.34. The second kappa shape index (κ2) is 8.23. The molecule has 2 aliphatic rings. The molecule has 6 heteroatoms. The summed E-state index contributed by atoms with van der Waals surface area (Å²) in [6, 6.07) is 8.44. The van der Waals surface area contributed by atoms with Crippen molar-refractivity contribution in [3.8, 4) is 0 Å². The van der Waals surface area contributed by atoms with Gasteiger partial charge in [0.2, 0.25) is 0 Å². The first kappa shape index (κ1) is 19.8. The molecule has 1 aromatic carbocycles. The summed E-state index contributed by atoms with van der Waals surface area (Å²) in [4.78, 5) is 4.36. The molecule has 2 heterocycles. The lowest BCUT2D eigenvalue weighted by atomic mass is 9.84. The van der Waals surface area contributed by atoms with Crippen LogP contribution in [0.1, 0.15) is 38.7 Å². The van der Waals surface area contributed by atoms with Gasteiger partial charge in [-0.25, -0.2) is 0 Å². The second-order valence-electron chi connectivity index (χ2n) is 7.18. The third-order valence-electron chi connectivity index (χ3n) is 4.96. The number of fused-ring (bicyclic) bond motifs is 2. The molecule has 0 spiro atoms. The molecule has 1 aromatic rings. The highest BCUT2D eigenvalue weighted by atomic mass is 127. The van der Waals surface area contributed by atoms with Crippen molar-refractivity contribution in [2.75, 3.05) is 13.6 Å². The number of rotatable bonds is 4. The van der Waals surface area contributed by atoms with Crippen molar-refractivity contribution in [2.45, 2.75) is 56.8 Å². The number of halogens is 2. The predicted octanol–water partition coefficient (Wildman–Crippen LogP) is 3.72. The van der Waals surface area contributed by atoms with E-state index >= 15 is 0 Å². The molecule has 2 bridgehead atoms. The zero-order chi connectivity index (χ0) is 16.4. The van der Waals surface area contributed by atoms with Crippen molar-refractivity contribution < 1.29 is 4.74 Å². The average molecular weight is 464 g/mol. The Labute approximate surface area is 166 Å². The van der Waals surface area contributed by atoms with Crippen LogP contribution in [0.15, 0.2) is 29.3 Å². The van der Waals surface area contributed by atoms with Gasteiger partial charge in [-0.05, 0) is 37.0 Å². The maximum absolute atomic E-state index is 6.12. The fourth-order valence-electron chi connectivity index (χ4n) is 3.48. The summed E-state index contributed by atoms with van der Waals surface area (Å²) in [5.74, 6) is 0.848. The first-order valence-electron chi connectivity index (χ1n) is 8.36. The van der Waals surface area contributed by atoms with Gasteiger partial charge in [0.25, 0.3) is 0 Å². The van der Waals surface area contributed by atoms with Gasteiger partial charge >= 0.3 is 0 Å². The van der Waals surface area contributed by atoms with Crippen molar-refractivity contribution in [1.82, 2.24) is 10.6 Å². The normalized spacial score (nSPS) is 26.2. The van der Waals surface area contributed by atoms with Gasteiger partial charge < -0.3 is 15.4 Å². The number of benzene rings is 1. The highest BCUT2D eigenvalue weighted by molar-refractivity contribution is 14.0. The van der Waals surface area contributed by atoms with Crippen molar-refractivity contribution in [3.05, 3.63) is 34.9 Å². The first-order chi connectivity index (χ1) is 11.0. The number of guanidine groups is 1. The van der Waals surface area contributed by atoms with Gasteiger partial charge in [-0.2, -0.15) is 0 Å². The number of hydrogen-bond acceptors (Lipinski definition) is 2. The van der Waals surface area contributed by atoms with E-state index in [1.54, 1.807) is 0 Å². The number of ether oxygens (including phenoxy) is 1. The van der Waals surface area contributed by atoms with Crippen LogP contribution in [0.4, 0.5) is 0 Å². The van der Waals surface area contributed by atoms with Crippen molar-refractivity contribution in [1.29, 1.82) is 0 Å². The Balaban J connectivity index is 0.00000208. The summed E-state index contributed by atoms with van der Waals surface area (Å²) in [5.41, 5.74) is 1.18. The van der Waals surface area contributed by atoms with Crippen molar-refractivity contribution in [3.63, 3.8) is 0 Å². The molecule has 0 radical (unpaired) electrons. The Morgan fingerprint density at radius 2 is 2.17 bits per heavy atom. The number of nitrogens with zero attached hydrogens (tertiary/aromatic N) is 1. The maximum Gasteiger partial charge on any atom is 0.191 e. The van der Waals surface area contributed by atoms with Crippen LogP contribution in [0.2, 0.25) is 5.02 Å². The lowest BCUT2D eigenvalue weighted by Gasteiger charge is -2.28. The molecule has 3 unspecified atom stereocenters. The summed E-state index contributed by atoms with van der Waals surface area (Å²) >= 11 is 6.12. The zero-order valence-electron chi connectivity index (χ0n) is 14.5. The average Bonchev–Trinajstić information content (AvgIpc) is 3.14. The van der Waals surface area contributed by atoms with E-state index in [0.717, 1.165) is 30.4 Å². The Kier molecular flexibility index (Phi) is 6.79. The van der Waals surface area contributed by atoms with Crippen LogP contribution in [-0.2, 0) is 10.2 Å². The SMILES string of the molecule is CN=C(NCC(C)(C)c1cccc(Cl)c1)NC1CC2CCC1O2.I. The van der Waals surface area contributed by atoms with Crippen LogP contribution in [0.25, 0.3) is 0 Å². The van der Waals surface area contributed by atoms with Gasteiger partial charge in [0.05, 0.1) is 18.2 Å². The van der Waals surface area contributed by atoms with E-state index in [9.17, 15) is 0 Å². The van der Waals surface area contributed by atoms with Crippen LogP contribution in [-0.4, -0.2) is 37.8 Å². The minimum atomic E-state index is -0.0340. The fraction of sp³-hybridized carbons (Fsp3) is 0.611. The van der Waals surface area contributed by atoms with Crippen LogP contribution in [0.5, 0.6) is 0 Å². The second-order valence-corrected chi connectivity index (χ2v) is 7.62. The summed E-state index contributed by atoms with van der Waals surface area (Å²) in [7, 11) is 1.82. The third kappa shape index (κ3) is 4.55. The molecule has 24 heavy (non-hydrogen) atoms. The van der Waals surface area contributed by atoms with E-state index < -0.39 is 0 Å². The summed E-state index contributed by atoms with van der Waals surface area (Å²) in [6.45, 7) is 5.20. The van der Waals surface area contributed by atoms with Crippen LogP contribution >= 0.6 is 35.6 Å². The van der Waals surface area contributed by atoms with E-state index in [0.29, 0.717) is 18.2 Å². The van der Waals surface area contributed by atoms with Crippen molar-refractivity contribution >= 4 is 41.5 Å². The molecule has 0 aliphatic carbocycles. The van der Waals surface area contributed by atoms with E-state index in [1.165, 1.54) is 12.0 Å². The molecule has 0 amide bonds. The number of hydrogen-bond donors (Lipinski definition) is 2. The summed E-state index contributed by atoms with van der Waals surface area (Å²) < 4.78 is 5.90. The standard InChI is InChI=1S/C18H26ClN3O.HI/c1-18(2,12-5-4-6-13(19)9-12)11-21-17(20-3)22-15-10-14-7-8-16(15)23-14;/h4-6,9,14-16H,7-8,10-11H2,1-3H3,(H2,20,21,22);1H. The molecule has 4 nitrogen and oxygen atoms in total. The minimum absolute atomic E-state index is 0. The molecule has 0 aromatic heterocycles. The fourth-order valence-corrected chi connectivity index (χ4v) is 3.67. The molecule has 2 saturated heterocycles. The smallest absolute Gasteiger partial charge is 0.191 e. The highest BCUT2D eigenvalue weighted by Gasteiger charge is 2.41. The summed E-state index contributed by atoms with van der Waals surface area (Å²) in [5, 5.41) is 7.75. The molecule has 3 rings (SSSR count). The molecule has 2 aliphatic heterocycles. The van der Waals surface area contributed by atoms with E-state index in [4.69, 9.17) is 16.3 Å².